The lowest BCUT2D eigenvalue weighted by Crippen LogP contribution is -2.24. The van der Waals surface area contributed by atoms with Crippen LogP contribution in [-0.2, 0) is 13.6 Å². The number of carbonyl (C=O) groups is 1. The van der Waals surface area contributed by atoms with Crippen LogP contribution >= 0.6 is 0 Å². The van der Waals surface area contributed by atoms with E-state index in [1.54, 1.807) is 49.2 Å². The van der Waals surface area contributed by atoms with Crippen LogP contribution in [0.15, 0.2) is 54.9 Å². The number of nitrogens with two attached hydrogens (primary N) is 1. The van der Waals surface area contributed by atoms with E-state index in [0.29, 0.717) is 22.3 Å². The molecule has 2 aromatic carbocycles. The fourth-order valence-corrected chi connectivity index (χ4v) is 3.46. The third kappa shape index (κ3) is 6.70. The second-order valence-electron chi connectivity index (χ2n) is 7.41. The van der Waals surface area contributed by atoms with Gasteiger partial charge in [0.15, 0.2) is 0 Å². The van der Waals surface area contributed by atoms with Crippen molar-refractivity contribution in [1.29, 1.82) is 0 Å². The number of nitrogens with zero attached hydrogens (tertiary/aromatic N) is 4. The zero-order valence-corrected chi connectivity index (χ0v) is 20.9. The van der Waals surface area contributed by atoms with Gasteiger partial charge in [-0.1, -0.05) is 31.2 Å². The number of carbonyl (C=O) groups excluding carboxylic acids is 1. The van der Waals surface area contributed by atoms with Crippen molar-refractivity contribution in [2.24, 2.45) is 7.05 Å². The summed E-state index contributed by atoms with van der Waals surface area (Å²) in [6.07, 6.45) is 3.18. The molecule has 4 N–H and O–H groups in total. The molecule has 0 fully saturated rings. The second-order valence-corrected chi connectivity index (χ2v) is 7.41. The number of aliphatic hydroxyl groups excluding tert-OH is 1. The van der Waals surface area contributed by atoms with E-state index in [0.717, 1.165) is 18.4 Å². The topological polar surface area (TPSA) is 119 Å². The molecule has 4 rings (SSSR count). The largest absolute Gasteiger partial charge is 0.400 e. The molecule has 0 atom stereocenters. The van der Waals surface area contributed by atoms with Gasteiger partial charge in [-0.25, -0.2) is 18.4 Å². The van der Waals surface area contributed by atoms with Crippen molar-refractivity contribution >= 4 is 11.7 Å². The van der Waals surface area contributed by atoms with E-state index in [2.05, 4.69) is 20.6 Å². The molecule has 0 radical (unpaired) electrons. The first-order valence-electron chi connectivity index (χ1n) is 11.2. The minimum Gasteiger partial charge on any atom is -0.400 e. The number of aromatic nitrogens is 4. The molecule has 190 valence electrons. The van der Waals surface area contributed by atoms with Gasteiger partial charge < -0.3 is 16.2 Å². The molecule has 0 aliphatic rings. The maximum absolute atomic E-state index is 14.8. The predicted molar refractivity (Wildman–Crippen MR) is 136 cm³/mol. The Balaban J connectivity index is 0.00000109. The quantitative estimate of drug-likeness (QED) is 0.380. The highest BCUT2D eigenvalue weighted by Gasteiger charge is 2.15. The van der Waals surface area contributed by atoms with Crippen LogP contribution < -0.4 is 11.1 Å². The maximum Gasteiger partial charge on any atom is 0.254 e. The molecule has 10 heteroatoms. The smallest absolute Gasteiger partial charge is 0.254 e. The molecule has 0 spiro atoms. The van der Waals surface area contributed by atoms with Crippen LogP contribution in [0.3, 0.4) is 0 Å². The lowest BCUT2D eigenvalue weighted by Gasteiger charge is -2.11. The van der Waals surface area contributed by atoms with Crippen LogP contribution in [0.1, 0.15) is 35.3 Å². The lowest BCUT2D eigenvalue weighted by atomic mass is 10.0. The summed E-state index contributed by atoms with van der Waals surface area (Å²) in [6, 6.07) is 10.5. The van der Waals surface area contributed by atoms with Crippen LogP contribution in [-0.4, -0.2) is 38.1 Å². The van der Waals surface area contributed by atoms with Gasteiger partial charge >= 0.3 is 0 Å². The Bertz CT molecular complexity index is 1300. The Labute approximate surface area is 208 Å². The number of nitrogen functional groups attached to an aromatic ring is 1. The van der Waals surface area contributed by atoms with Crippen molar-refractivity contribution in [3.05, 3.63) is 83.2 Å². The molecule has 0 aliphatic heterocycles. The van der Waals surface area contributed by atoms with Crippen molar-refractivity contribution < 1.29 is 18.7 Å². The Morgan fingerprint density at radius 3 is 2.39 bits per heavy atom. The number of halogens is 2. The predicted octanol–water partition coefficient (Wildman–Crippen LogP) is 4.28. The number of benzene rings is 2. The first-order chi connectivity index (χ1) is 17.3. The zero-order chi connectivity index (χ0) is 26.8. The van der Waals surface area contributed by atoms with Crippen LogP contribution in [0.5, 0.6) is 0 Å². The van der Waals surface area contributed by atoms with Gasteiger partial charge in [0.05, 0.1) is 17.5 Å². The van der Waals surface area contributed by atoms with Gasteiger partial charge in [0.25, 0.3) is 5.91 Å². The second kappa shape index (κ2) is 13.1. The highest BCUT2D eigenvalue weighted by molar-refractivity contribution is 5.95. The zero-order valence-electron chi connectivity index (χ0n) is 20.9. The monoisotopic (exact) mass is 496 g/mol. The average molecular weight is 497 g/mol. The SMILES string of the molecule is CC.CO.Cc1cc(F)cc(CNC(=O)c2ccc(-c3cc(-c4cnnn4C)cnc3N)cc2F)c1. The molecule has 1 amide bonds. The van der Waals surface area contributed by atoms with Crippen molar-refractivity contribution in [2.45, 2.75) is 27.3 Å². The first kappa shape index (κ1) is 28.1. The molecule has 2 aromatic heterocycles. The normalized spacial score (nSPS) is 10.0. The van der Waals surface area contributed by atoms with Gasteiger partial charge in [0.1, 0.15) is 17.5 Å². The number of hydrogen-bond donors (Lipinski definition) is 3. The number of nitrogens with one attached hydrogen (secondary N) is 1. The first-order valence-corrected chi connectivity index (χ1v) is 11.2. The summed E-state index contributed by atoms with van der Waals surface area (Å²) in [5, 5.41) is 17.4. The number of pyridine rings is 1. The van der Waals surface area contributed by atoms with Crippen LogP contribution in [0.2, 0.25) is 0 Å². The third-order valence-corrected chi connectivity index (χ3v) is 5.01. The van der Waals surface area contributed by atoms with Crippen molar-refractivity contribution in [2.75, 3.05) is 12.8 Å². The van der Waals surface area contributed by atoms with Crippen LogP contribution in [0.25, 0.3) is 22.4 Å². The Hall–Kier alpha value is -4.18. The minimum atomic E-state index is -0.706. The maximum atomic E-state index is 14.8. The third-order valence-electron chi connectivity index (χ3n) is 5.01. The molecule has 0 aliphatic carbocycles. The standard InChI is InChI=1S/C23H20F2N6O.C2H6.CH4O/c1-13-5-14(7-17(24)6-13)10-28-23(32)18-4-3-15(9-20(18)25)19-8-16(11-27-22(19)26)21-12-29-30-31(21)2;2*1-2/h3-9,11-12H,10H2,1-2H3,(H2,26,27)(H,28,32);1-2H3;2H,1H3. The fourth-order valence-electron chi connectivity index (χ4n) is 3.46. The summed E-state index contributed by atoms with van der Waals surface area (Å²) < 4.78 is 29.9. The summed E-state index contributed by atoms with van der Waals surface area (Å²) in [5.74, 6) is -1.47. The van der Waals surface area contributed by atoms with E-state index >= 15 is 0 Å². The molecule has 0 bridgehead atoms. The van der Waals surface area contributed by atoms with E-state index in [1.807, 2.05) is 13.8 Å². The van der Waals surface area contributed by atoms with Gasteiger partial charge in [0, 0.05) is 38.0 Å². The molecule has 36 heavy (non-hydrogen) atoms. The number of amides is 1. The Kier molecular flexibility index (Phi) is 10.2. The number of aliphatic hydroxyl groups is 1. The minimum absolute atomic E-state index is 0.0796. The molecule has 0 saturated heterocycles. The number of aryl methyl sites for hydroxylation is 2. The van der Waals surface area contributed by atoms with E-state index in [4.69, 9.17) is 10.8 Å². The summed E-state index contributed by atoms with van der Waals surface area (Å²) in [5.41, 5.74) is 9.65. The van der Waals surface area contributed by atoms with E-state index in [1.165, 1.54) is 24.3 Å². The summed E-state index contributed by atoms with van der Waals surface area (Å²) in [4.78, 5) is 16.7. The number of hydrogen-bond acceptors (Lipinski definition) is 6. The summed E-state index contributed by atoms with van der Waals surface area (Å²) in [7, 11) is 2.75. The van der Waals surface area contributed by atoms with Crippen molar-refractivity contribution in [1.82, 2.24) is 25.3 Å². The highest BCUT2D eigenvalue weighted by atomic mass is 19.1. The highest BCUT2D eigenvalue weighted by Crippen LogP contribution is 2.30. The molecule has 0 unspecified atom stereocenters. The molecular formula is C26H30F2N6O2. The van der Waals surface area contributed by atoms with E-state index in [9.17, 15) is 13.6 Å². The number of anilines is 1. The van der Waals surface area contributed by atoms with Crippen LogP contribution in [0, 0.1) is 18.6 Å². The fraction of sp³-hybridized carbons (Fsp3) is 0.231. The Morgan fingerprint density at radius 2 is 1.78 bits per heavy atom. The van der Waals surface area contributed by atoms with Gasteiger partial charge in [-0.3, -0.25) is 4.79 Å². The van der Waals surface area contributed by atoms with Gasteiger partial charge in [-0.15, -0.1) is 5.10 Å². The van der Waals surface area contributed by atoms with Gasteiger partial charge in [0.2, 0.25) is 0 Å². The molecular weight excluding hydrogens is 466 g/mol. The van der Waals surface area contributed by atoms with Gasteiger partial charge in [-0.2, -0.15) is 0 Å². The molecule has 0 saturated carbocycles. The lowest BCUT2D eigenvalue weighted by molar-refractivity contribution is 0.0947. The molecule has 2 heterocycles. The van der Waals surface area contributed by atoms with Crippen molar-refractivity contribution in [3.63, 3.8) is 0 Å². The van der Waals surface area contributed by atoms with Crippen molar-refractivity contribution in [3.8, 4) is 22.4 Å². The van der Waals surface area contributed by atoms with Crippen LogP contribution in [0.4, 0.5) is 14.6 Å². The Morgan fingerprint density at radius 1 is 1.06 bits per heavy atom. The molecule has 4 aromatic rings. The van der Waals surface area contributed by atoms with Gasteiger partial charge in [-0.05, 0) is 53.9 Å². The number of rotatable bonds is 5. The summed E-state index contributed by atoms with van der Waals surface area (Å²) in [6.45, 7) is 5.84. The van der Waals surface area contributed by atoms with E-state index in [-0.39, 0.29) is 23.7 Å². The average Bonchev–Trinajstić information content (AvgIpc) is 3.30. The molecule has 8 nitrogen and oxygen atoms in total. The van der Waals surface area contributed by atoms with E-state index < -0.39 is 11.7 Å². The summed E-state index contributed by atoms with van der Waals surface area (Å²) >= 11 is 0.